The van der Waals surface area contributed by atoms with Crippen LogP contribution in [0.15, 0.2) is 51.8 Å². The lowest BCUT2D eigenvalue weighted by Gasteiger charge is -2.10. The molecule has 2 aromatic heterocycles. The fraction of sp³-hybridized carbons (Fsp3) is 0.167. The number of hydrogen-bond donors (Lipinski definition) is 1. The maximum absolute atomic E-state index is 11.8. The van der Waals surface area contributed by atoms with Gasteiger partial charge in [0.1, 0.15) is 12.2 Å². The van der Waals surface area contributed by atoms with Crippen LogP contribution < -0.4 is 15.7 Å². The van der Waals surface area contributed by atoms with Crippen LogP contribution in [0.25, 0.3) is 11.0 Å². The van der Waals surface area contributed by atoms with E-state index in [1.807, 2.05) is 0 Å². The number of ether oxygens (including phenoxy) is 2. The molecule has 0 bridgehead atoms. The molecule has 0 radical (unpaired) electrons. The first-order valence-electron chi connectivity index (χ1n) is 7.80. The van der Waals surface area contributed by atoms with Crippen molar-refractivity contribution in [3.8, 4) is 5.75 Å². The highest BCUT2D eigenvalue weighted by molar-refractivity contribution is 6.30. The van der Waals surface area contributed by atoms with Gasteiger partial charge in [-0.3, -0.25) is 5.32 Å². The van der Waals surface area contributed by atoms with Crippen molar-refractivity contribution in [1.82, 2.24) is 4.98 Å². The van der Waals surface area contributed by atoms with Gasteiger partial charge in [-0.1, -0.05) is 11.6 Å². The van der Waals surface area contributed by atoms with Gasteiger partial charge in [0.15, 0.2) is 10.9 Å². The molecule has 0 unspecified atom stereocenters. The average Bonchev–Trinajstić information content (AvgIpc) is 2.60. The summed E-state index contributed by atoms with van der Waals surface area (Å²) in [6.07, 6.45) is 0.972. The molecule has 0 saturated carbocycles. The minimum Gasteiger partial charge on any atom is -0.486 e. The summed E-state index contributed by atoms with van der Waals surface area (Å²) in [6.45, 7) is 2.07. The molecular weight excluding hydrogens is 360 g/mol. The lowest BCUT2D eigenvalue weighted by molar-refractivity contribution is 0.168. The van der Waals surface area contributed by atoms with Crippen molar-refractivity contribution in [1.29, 1.82) is 0 Å². The van der Waals surface area contributed by atoms with Crippen LogP contribution in [0, 0.1) is 0 Å². The van der Waals surface area contributed by atoms with Gasteiger partial charge >= 0.3 is 11.7 Å². The van der Waals surface area contributed by atoms with Crippen LogP contribution in [0.1, 0.15) is 12.5 Å². The van der Waals surface area contributed by atoms with E-state index in [1.54, 1.807) is 43.5 Å². The number of anilines is 1. The molecule has 1 amide bonds. The predicted molar refractivity (Wildman–Crippen MR) is 96.7 cm³/mol. The number of carbonyl (C=O) groups excluding carboxylic acids is 1. The SMILES string of the molecule is CCOC(=O)Nc1ccc2c(COc3cccnc3Cl)cc(=O)oc2c1. The smallest absolute Gasteiger partial charge is 0.411 e. The average molecular weight is 375 g/mol. The normalized spacial score (nSPS) is 10.5. The summed E-state index contributed by atoms with van der Waals surface area (Å²) in [5, 5.41) is 3.48. The molecular formula is C18H15ClN2O5. The van der Waals surface area contributed by atoms with Crippen LogP contribution in [0.3, 0.4) is 0 Å². The number of carbonyl (C=O) groups is 1. The summed E-state index contributed by atoms with van der Waals surface area (Å²) in [4.78, 5) is 27.3. The standard InChI is InChI=1S/C18H15ClN2O5/c1-2-24-18(23)21-12-5-6-13-11(8-16(22)26-15(13)9-12)10-25-14-4-3-7-20-17(14)19/h3-9H,2,10H2,1H3,(H,21,23). The fourth-order valence-electron chi connectivity index (χ4n) is 2.35. The highest BCUT2D eigenvalue weighted by atomic mass is 35.5. The first-order chi connectivity index (χ1) is 12.6. The van der Waals surface area contributed by atoms with Crippen molar-refractivity contribution in [2.24, 2.45) is 0 Å². The van der Waals surface area contributed by atoms with Gasteiger partial charge in [0, 0.05) is 35.0 Å². The number of aromatic nitrogens is 1. The van der Waals surface area contributed by atoms with Crippen molar-refractivity contribution in [2.45, 2.75) is 13.5 Å². The number of benzene rings is 1. The predicted octanol–water partition coefficient (Wildman–Crippen LogP) is 3.99. The summed E-state index contributed by atoms with van der Waals surface area (Å²) in [6, 6.07) is 9.69. The number of amides is 1. The number of fused-ring (bicyclic) bond motifs is 1. The molecule has 7 nitrogen and oxygen atoms in total. The highest BCUT2D eigenvalue weighted by Gasteiger charge is 2.10. The van der Waals surface area contributed by atoms with Gasteiger partial charge in [-0.25, -0.2) is 14.6 Å². The van der Waals surface area contributed by atoms with Crippen LogP contribution in [-0.4, -0.2) is 17.7 Å². The van der Waals surface area contributed by atoms with E-state index in [2.05, 4.69) is 10.3 Å². The zero-order chi connectivity index (χ0) is 18.5. The molecule has 3 aromatic rings. The maximum Gasteiger partial charge on any atom is 0.411 e. The third kappa shape index (κ3) is 4.12. The van der Waals surface area contributed by atoms with E-state index < -0.39 is 11.7 Å². The number of hydrogen-bond acceptors (Lipinski definition) is 6. The number of pyridine rings is 1. The van der Waals surface area contributed by atoms with Gasteiger partial charge in [0.2, 0.25) is 0 Å². The van der Waals surface area contributed by atoms with E-state index in [0.29, 0.717) is 28.0 Å². The van der Waals surface area contributed by atoms with Crippen LogP contribution in [0.4, 0.5) is 10.5 Å². The Balaban J connectivity index is 1.87. The molecule has 0 spiro atoms. The Morgan fingerprint density at radius 1 is 1.31 bits per heavy atom. The van der Waals surface area contributed by atoms with Gasteiger partial charge in [-0.15, -0.1) is 0 Å². The van der Waals surface area contributed by atoms with E-state index in [-0.39, 0.29) is 18.4 Å². The number of rotatable bonds is 5. The molecule has 1 N–H and O–H groups in total. The largest absolute Gasteiger partial charge is 0.486 e. The Labute approximate surface area is 153 Å². The molecule has 26 heavy (non-hydrogen) atoms. The minimum absolute atomic E-state index is 0.109. The Morgan fingerprint density at radius 2 is 2.15 bits per heavy atom. The van der Waals surface area contributed by atoms with Crippen LogP contribution in [0.2, 0.25) is 5.15 Å². The molecule has 0 atom stereocenters. The van der Waals surface area contributed by atoms with Gasteiger partial charge in [0.25, 0.3) is 0 Å². The maximum atomic E-state index is 11.8. The second-order valence-electron chi connectivity index (χ2n) is 5.23. The van der Waals surface area contributed by atoms with Gasteiger partial charge < -0.3 is 13.9 Å². The van der Waals surface area contributed by atoms with Crippen molar-refractivity contribution >= 4 is 34.4 Å². The molecule has 0 saturated heterocycles. The highest BCUT2D eigenvalue weighted by Crippen LogP contribution is 2.25. The van der Waals surface area contributed by atoms with Crippen molar-refractivity contribution in [3.63, 3.8) is 0 Å². The lowest BCUT2D eigenvalue weighted by atomic mass is 10.1. The second-order valence-corrected chi connectivity index (χ2v) is 5.59. The summed E-state index contributed by atoms with van der Waals surface area (Å²) in [5.74, 6) is 0.413. The van der Waals surface area contributed by atoms with E-state index >= 15 is 0 Å². The third-order valence-corrected chi connectivity index (χ3v) is 3.74. The van der Waals surface area contributed by atoms with E-state index in [1.165, 1.54) is 6.07 Å². The van der Waals surface area contributed by atoms with Gasteiger partial charge in [0.05, 0.1) is 6.61 Å². The molecule has 8 heteroatoms. The van der Waals surface area contributed by atoms with Crippen molar-refractivity contribution in [2.75, 3.05) is 11.9 Å². The van der Waals surface area contributed by atoms with Gasteiger partial charge in [-0.05, 0) is 31.2 Å². The fourth-order valence-corrected chi connectivity index (χ4v) is 2.52. The summed E-state index contributed by atoms with van der Waals surface area (Å²) in [5.41, 5.74) is 0.871. The summed E-state index contributed by atoms with van der Waals surface area (Å²) < 4.78 is 15.7. The molecule has 0 aliphatic rings. The second kappa shape index (κ2) is 7.88. The first kappa shape index (κ1) is 17.8. The van der Waals surface area contributed by atoms with E-state index in [9.17, 15) is 9.59 Å². The topological polar surface area (TPSA) is 90.7 Å². The van der Waals surface area contributed by atoms with E-state index in [0.717, 1.165) is 0 Å². The third-order valence-electron chi connectivity index (χ3n) is 3.46. The molecule has 0 aliphatic heterocycles. The Kier molecular flexibility index (Phi) is 5.38. The minimum atomic E-state index is -0.583. The monoisotopic (exact) mass is 374 g/mol. The first-order valence-corrected chi connectivity index (χ1v) is 8.18. The van der Waals surface area contributed by atoms with Crippen LogP contribution in [-0.2, 0) is 11.3 Å². The quantitative estimate of drug-likeness (QED) is 0.536. The molecule has 3 rings (SSSR count). The number of halogens is 1. The van der Waals surface area contributed by atoms with Crippen LogP contribution in [0.5, 0.6) is 5.75 Å². The molecule has 2 heterocycles. The number of nitrogens with zero attached hydrogens (tertiary/aromatic N) is 1. The summed E-state index contributed by atoms with van der Waals surface area (Å²) in [7, 11) is 0. The Bertz CT molecular complexity index is 1000. The van der Waals surface area contributed by atoms with Crippen molar-refractivity contribution in [3.05, 3.63) is 63.7 Å². The summed E-state index contributed by atoms with van der Waals surface area (Å²) >= 11 is 5.97. The molecule has 134 valence electrons. The number of nitrogens with one attached hydrogen (secondary N) is 1. The molecule has 0 aliphatic carbocycles. The zero-order valence-electron chi connectivity index (χ0n) is 13.8. The van der Waals surface area contributed by atoms with Gasteiger partial charge in [-0.2, -0.15) is 0 Å². The lowest BCUT2D eigenvalue weighted by Crippen LogP contribution is -2.13. The Hall–Kier alpha value is -3.06. The zero-order valence-corrected chi connectivity index (χ0v) is 14.6. The van der Waals surface area contributed by atoms with Crippen LogP contribution >= 0.6 is 11.6 Å². The molecule has 0 fully saturated rings. The van der Waals surface area contributed by atoms with E-state index in [4.69, 9.17) is 25.5 Å². The Morgan fingerprint density at radius 3 is 2.92 bits per heavy atom. The van der Waals surface area contributed by atoms with Crippen molar-refractivity contribution < 1.29 is 18.7 Å². The molecule has 1 aromatic carbocycles.